The van der Waals surface area contributed by atoms with Crippen LogP contribution in [0.5, 0.6) is 0 Å². The average Bonchev–Trinajstić information content (AvgIpc) is 2.91. The molecule has 0 unspecified atom stereocenters. The van der Waals surface area contributed by atoms with E-state index in [9.17, 15) is 0 Å². The van der Waals surface area contributed by atoms with Crippen LogP contribution in [-0.4, -0.2) is 0 Å². The van der Waals surface area contributed by atoms with Crippen molar-refractivity contribution in [1.29, 1.82) is 0 Å². The molecule has 0 spiro atoms. The standard InChI is InChI=1S/C16H14N2S3/c17-11-1-5-13(6-2-11)19-15-9-10-16(21-15)20-14-7-3-12(18)4-8-14/h1-10H,17-18H2. The van der Waals surface area contributed by atoms with Crippen LogP contribution >= 0.6 is 34.9 Å². The summed E-state index contributed by atoms with van der Waals surface area (Å²) in [5.41, 5.74) is 13.0. The van der Waals surface area contributed by atoms with Crippen LogP contribution in [0.25, 0.3) is 0 Å². The van der Waals surface area contributed by atoms with E-state index in [1.807, 2.05) is 48.5 Å². The van der Waals surface area contributed by atoms with Crippen LogP contribution in [0.15, 0.2) is 78.9 Å². The minimum Gasteiger partial charge on any atom is -0.399 e. The Bertz CT molecular complexity index is 656. The van der Waals surface area contributed by atoms with E-state index >= 15 is 0 Å². The molecule has 3 aromatic rings. The zero-order valence-electron chi connectivity index (χ0n) is 11.2. The van der Waals surface area contributed by atoms with Crippen LogP contribution in [0.3, 0.4) is 0 Å². The molecule has 106 valence electrons. The number of anilines is 2. The molecule has 0 saturated carbocycles. The van der Waals surface area contributed by atoms with Crippen molar-refractivity contribution in [2.24, 2.45) is 0 Å². The van der Waals surface area contributed by atoms with E-state index in [1.54, 1.807) is 34.9 Å². The average molecular weight is 331 g/mol. The lowest BCUT2D eigenvalue weighted by molar-refractivity contribution is 1.45. The molecule has 0 aliphatic carbocycles. The predicted octanol–water partition coefficient (Wildman–Crippen LogP) is 5.21. The monoisotopic (exact) mass is 330 g/mol. The maximum absolute atomic E-state index is 5.70. The summed E-state index contributed by atoms with van der Waals surface area (Å²) in [5, 5.41) is 0. The molecule has 1 aromatic heterocycles. The summed E-state index contributed by atoms with van der Waals surface area (Å²) in [6.07, 6.45) is 0. The quantitative estimate of drug-likeness (QED) is 0.644. The van der Waals surface area contributed by atoms with Gasteiger partial charge in [0.2, 0.25) is 0 Å². The molecule has 0 radical (unpaired) electrons. The Morgan fingerprint density at radius 1 is 0.571 bits per heavy atom. The van der Waals surface area contributed by atoms with Gasteiger partial charge in [0.15, 0.2) is 0 Å². The lowest BCUT2D eigenvalue weighted by Crippen LogP contribution is -1.81. The minimum absolute atomic E-state index is 0.796. The Labute approximate surface area is 136 Å². The Morgan fingerprint density at radius 2 is 0.952 bits per heavy atom. The van der Waals surface area contributed by atoms with Crippen LogP contribution < -0.4 is 11.5 Å². The second-order valence-electron chi connectivity index (χ2n) is 4.42. The highest BCUT2D eigenvalue weighted by atomic mass is 32.2. The van der Waals surface area contributed by atoms with Crippen molar-refractivity contribution in [3.8, 4) is 0 Å². The first-order valence-corrected chi connectivity index (χ1v) is 8.81. The van der Waals surface area contributed by atoms with E-state index in [2.05, 4.69) is 12.1 Å². The van der Waals surface area contributed by atoms with Gasteiger partial charge in [-0.3, -0.25) is 0 Å². The first-order valence-electron chi connectivity index (χ1n) is 6.36. The number of hydrogen-bond donors (Lipinski definition) is 2. The second-order valence-corrected chi connectivity index (χ2v) is 8.25. The van der Waals surface area contributed by atoms with Gasteiger partial charge in [-0.1, -0.05) is 23.5 Å². The molecule has 0 saturated heterocycles. The molecule has 3 rings (SSSR count). The van der Waals surface area contributed by atoms with Gasteiger partial charge in [-0.2, -0.15) is 0 Å². The van der Waals surface area contributed by atoms with Gasteiger partial charge in [-0.25, -0.2) is 0 Å². The molecule has 21 heavy (non-hydrogen) atoms. The predicted molar refractivity (Wildman–Crippen MR) is 94.3 cm³/mol. The van der Waals surface area contributed by atoms with Crippen LogP contribution in [-0.2, 0) is 0 Å². The summed E-state index contributed by atoms with van der Waals surface area (Å²) in [5.74, 6) is 0. The molecule has 0 aliphatic rings. The second kappa shape index (κ2) is 6.47. The van der Waals surface area contributed by atoms with Crippen LogP contribution in [0, 0.1) is 0 Å². The van der Waals surface area contributed by atoms with Crippen molar-refractivity contribution in [2.45, 2.75) is 18.2 Å². The SMILES string of the molecule is Nc1ccc(Sc2ccc(Sc3ccc(N)cc3)s2)cc1. The highest BCUT2D eigenvalue weighted by Gasteiger charge is 2.04. The molecular weight excluding hydrogens is 316 g/mol. The molecule has 5 heteroatoms. The summed E-state index contributed by atoms with van der Waals surface area (Å²) >= 11 is 5.31. The molecular formula is C16H14N2S3. The molecule has 0 aliphatic heterocycles. The first kappa shape index (κ1) is 14.4. The Hall–Kier alpha value is -1.56. The fourth-order valence-electron chi connectivity index (χ4n) is 1.72. The third-order valence-electron chi connectivity index (χ3n) is 2.75. The maximum Gasteiger partial charge on any atom is 0.0658 e. The van der Waals surface area contributed by atoms with Crippen molar-refractivity contribution in [3.05, 3.63) is 60.7 Å². The number of hydrogen-bond acceptors (Lipinski definition) is 5. The largest absolute Gasteiger partial charge is 0.399 e. The third-order valence-corrected chi connectivity index (χ3v) is 6.12. The number of benzene rings is 2. The molecule has 2 aromatic carbocycles. The Morgan fingerprint density at radius 3 is 1.33 bits per heavy atom. The van der Waals surface area contributed by atoms with Crippen molar-refractivity contribution in [3.63, 3.8) is 0 Å². The van der Waals surface area contributed by atoms with Gasteiger partial charge in [0.05, 0.1) is 8.42 Å². The number of rotatable bonds is 4. The minimum atomic E-state index is 0.796. The summed E-state index contributed by atoms with van der Waals surface area (Å²) in [6.45, 7) is 0. The van der Waals surface area contributed by atoms with Crippen LogP contribution in [0.4, 0.5) is 11.4 Å². The number of nitrogen functional groups attached to an aromatic ring is 2. The van der Waals surface area contributed by atoms with E-state index in [-0.39, 0.29) is 0 Å². The van der Waals surface area contributed by atoms with Crippen molar-refractivity contribution in [1.82, 2.24) is 0 Å². The highest BCUT2D eigenvalue weighted by molar-refractivity contribution is 8.03. The molecule has 0 atom stereocenters. The van der Waals surface area contributed by atoms with Crippen molar-refractivity contribution in [2.75, 3.05) is 11.5 Å². The normalized spacial score (nSPS) is 10.7. The van der Waals surface area contributed by atoms with Gasteiger partial charge in [-0.15, -0.1) is 11.3 Å². The van der Waals surface area contributed by atoms with Crippen LogP contribution in [0.2, 0.25) is 0 Å². The smallest absolute Gasteiger partial charge is 0.0658 e. The van der Waals surface area contributed by atoms with Crippen molar-refractivity contribution < 1.29 is 0 Å². The maximum atomic E-state index is 5.70. The Balaban J connectivity index is 1.68. The van der Waals surface area contributed by atoms with Gasteiger partial charge < -0.3 is 11.5 Å². The Kier molecular flexibility index (Phi) is 4.43. The molecule has 2 nitrogen and oxygen atoms in total. The summed E-state index contributed by atoms with van der Waals surface area (Å²) in [4.78, 5) is 2.41. The summed E-state index contributed by atoms with van der Waals surface area (Å²) in [7, 11) is 0. The lowest BCUT2D eigenvalue weighted by Gasteiger charge is -2.00. The number of thiophene rings is 1. The van der Waals surface area contributed by atoms with Gasteiger partial charge in [-0.05, 0) is 60.7 Å². The van der Waals surface area contributed by atoms with E-state index < -0.39 is 0 Å². The van der Waals surface area contributed by atoms with Gasteiger partial charge >= 0.3 is 0 Å². The van der Waals surface area contributed by atoms with Gasteiger partial charge in [0, 0.05) is 21.2 Å². The van der Waals surface area contributed by atoms with Crippen molar-refractivity contribution >= 4 is 46.2 Å². The zero-order chi connectivity index (χ0) is 14.7. The number of nitrogens with two attached hydrogens (primary N) is 2. The highest BCUT2D eigenvalue weighted by Crippen LogP contribution is 2.39. The van der Waals surface area contributed by atoms with Gasteiger partial charge in [0.25, 0.3) is 0 Å². The van der Waals surface area contributed by atoms with E-state index in [4.69, 9.17) is 11.5 Å². The van der Waals surface area contributed by atoms with E-state index in [0.717, 1.165) is 11.4 Å². The topological polar surface area (TPSA) is 52.0 Å². The summed E-state index contributed by atoms with van der Waals surface area (Å²) < 4.78 is 2.55. The fourth-order valence-corrected chi connectivity index (χ4v) is 5.08. The molecule has 0 fully saturated rings. The van der Waals surface area contributed by atoms with E-state index in [1.165, 1.54) is 18.2 Å². The van der Waals surface area contributed by atoms with E-state index in [0.29, 0.717) is 0 Å². The third kappa shape index (κ3) is 3.97. The zero-order valence-corrected chi connectivity index (χ0v) is 13.6. The molecule has 0 amide bonds. The van der Waals surface area contributed by atoms with Gasteiger partial charge in [0.1, 0.15) is 0 Å². The lowest BCUT2D eigenvalue weighted by atomic mass is 10.3. The van der Waals surface area contributed by atoms with Crippen LogP contribution in [0.1, 0.15) is 0 Å². The molecule has 1 heterocycles. The first-order chi connectivity index (χ1) is 10.2. The molecule has 0 bridgehead atoms. The summed E-state index contributed by atoms with van der Waals surface area (Å²) in [6, 6.07) is 20.2. The molecule has 4 N–H and O–H groups in total. The fraction of sp³-hybridized carbons (Fsp3) is 0.